The fourth-order valence-electron chi connectivity index (χ4n) is 18.7. The molecule has 20 heteroatoms. The van der Waals surface area contributed by atoms with Gasteiger partial charge in [0.25, 0.3) is 0 Å². The van der Waals surface area contributed by atoms with Crippen molar-refractivity contribution in [1.82, 2.24) is 24.9 Å². The largest absolute Gasteiger partial charge is 0.508 e. The third-order valence-electron chi connectivity index (χ3n) is 23.4. The Kier molecular flexibility index (Phi) is 18.6. The van der Waals surface area contributed by atoms with Crippen LogP contribution >= 0.6 is 0 Å². The average Bonchev–Trinajstić information content (AvgIpc) is 1.51. The molecule has 5 saturated heterocycles. The van der Waals surface area contributed by atoms with Crippen LogP contribution in [0.3, 0.4) is 0 Å². The van der Waals surface area contributed by atoms with Crippen LogP contribution < -0.4 is 16.0 Å². The number of nitrogens with one attached hydrogen (secondary N) is 3. The molecular formula is C89H79N9O11. The number of amides is 4. The molecule has 109 heavy (non-hydrogen) atoms. The fraction of sp³-hybridized carbons (Fsp3) is 0.281. The lowest BCUT2D eigenvalue weighted by atomic mass is 9.65. The number of carbonyl (C=O) groups excluding carboxylic acids is 6. The van der Waals surface area contributed by atoms with Gasteiger partial charge >= 0.3 is 11.9 Å². The first kappa shape index (κ1) is 70.0. The molecule has 9 aliphatic rings. The van der Waals surface area contributed by atoms with Crippen molar-refractivity contribution < 1.29 is 53.6 Å². The zero-order chi connectivity index (χ0) is 74.7. The second-order valence-corrected chi connectivity index (χ2v) is 29.3. The molecule has 6 N–H and O–H groups in total. The maximum absolute atomic E-state index is 16.5. The number of aliphatic hydroxyl groups is 1. The maximum Gasteiger partial charge on any atom is 0.324 e. The Labute approximate surface area is 630 Å². The summed E-state index contributed by atoms with van der Waals surface area (Å²) in [5.41, 5.74) is 4.45. The van der Waals surface area contributed by atoms with Gasteiger partial charge in [0, 0.05) is 74.1 Å². The molecule has 4 amide bonds. The monoisotopic (exact) mass is 1450 g/mol. The topological polar surface area (TPSA) is 255 Å². The molecule has 17 rings (SSSR count). The van der Waals surface area contributed by atoms with Crippen LogP contribution in [0.5, 0.6) is 11.5 Å². The van der Waals surface area contributed by atoms with E-state index in [1.165, 1.54) is 18.2 Å². The predicted octanol–water partition coefficient (Wildman–Crippen LogP) is 10.9. The van der Waals surface area contributed by atoms with Crippen LogP contribution in [0, 0.1) is 35.5 Å². The molecule has 13 atom stereocenters. The Morgan fingerprint density at radius 1 is 0.578 bits per heavy atom. The molecular weight excluding hydrogens is 1370 g/mol. The van der Waals surface area contributed by atoms with Crippen molar-refractivity contribution in [2.75, 3.05) is 50.0 Å². The van der Waals surface area contributed by atoms with Crippen LogP contribution in [0.25, 0.3) is 0 Å². The first-order chi connectivity index (χ1) is 53.3. The number of hydrogen-bond acceptors (Lipinski definition) is 16. The molecule has 20 nitrogen and oxygen atoms in total. The summed E-state index contributed by atoms with van der Waals surface area (Å²) in [4.78, 5) is 113. The number of phenolic OH excluding ortho intramolecular Hbond substituents is 2. The number of cyclic esters (lactones) is 2. The van der Waals surface area contributed by atoms with Crippen molar-refractivity contribution >= 4 is 59.4 Å². The van der Waals surface area contributed by atoms with Gasteiger partial charge in [-0.1, -0.05) is 175 Å². The van der Waals surface area contributed by atoms with E-state index in [1.54, 1.807) is 71.6 Å². The molecule has 2 spiro atoms. The average molecular weight is 1450 g/mol. The first-order valence-corrected chi connectivity index (χ1v) is 37.3. The summed E-state index contributed by atoms with van der Waals surface area (Å²) in [6.45, 7) is 4.73. The van der Waals surface area contributed by atoms with Crippen LogP contribution in [-0.2, 0) is 49.1 Å². The molecule has 0 saturated carbocycles. The third kappa shape index (κ3) is 12.0. The predicted molar refractivity (Wildman–Crippen MR) is 409 cm³/mol. The number of aliphatic hydroxyl groups excluding tert-OH is 1. The zero-order valence-electron chi connectivity index (χ0n) is 59.6. The van der Waals surface area contributed by atoms with E-state index in [0.717, 1.165) is 36.8 Å². The Bertz CT molecular complexity index is 5170. The summed E-state index contributed by atoms with van der Waals surface area (Å²) in [5.74, 6) is 6.22. The summed E-state index contributed by atoms with van der Waals surface area (Å²) in [6, 6.07) is 53.2. The number of morpholine rings is 2. The van der Waals surface area contributed by atoms with E-state index in [2.05, 4.69) is 67.2 Å². The number of benzene rings is 8. The number of anilines is 2. The van der Waals surface area contributed by atoms with Gasteiger partial charge in [0.05, 0.1) is 48.5 Å². The van der Waals surface area contributed by atoms with Crippen molar-refractivity contribution in [1.29, 1.82) is 0 Å². The molecule has 0 aromatic heterocycles. The number of hydrogen-bond donors (Lipinski definition) is 6. The van der Waals surface area contributed by atoms with Gasteiger partial charge in [0.15, 0.2) is 6.29 Å². The van der Waals surface area contributed by atoms with Gasteiger partial charge in [0.2, 0.25) is 23.6 Å². The van der Waals surface area contributed by atoms with Gasteiger partial charge in [-0.2, -0.15) is 0 Å². The van der Waals surface area contributed by atoms with Gasteiger partial charge < -0.3 is 45.6 Å². The van der Waals surface area contributed by atoms with Crippen LogP contribution in [-0.4, -0.2) is 141 Å². The minimum atomic E-state index is -1.88. The Hall–Kier alpha value is -12.0. The maximum atomic E-state index is 16.5. The molecule has 8 aromatic carbocycles. The summed E-state index contributed by atoms with van der Waals surface area (Å²) in [7, 11) is 0. The van der Waals surface area contributed by atoms with E-state index in [0.29, 0.717) is 86.5 Å². The van der Waals surface area contributed by atoms with E-state index >= 15 is 28.8 Å². The summed E-state index contributed by atoms with van der Waals surface area (Å²) in [6.07, 6.45) is 9.40. The number of ether oxygens (including phenoxy) is 2. The summed E-state index contributed by atoms with van der Waals surface area (Å²) < 4.78 is 13.6. The van der Waals surface area contributed by atoms with Crippen molar-refractivity contribution in [2.45, 2.75) is 104 Å². The van der Waals surface area contributed by atoms with Gasteiger partial charge in [-0.15, -0.1) is 6.58 Å². The minimum absolute atomic E-state index is 0.0285. The second kappa shape index (κ2) is 28.9. The minimum Gasteiger partial charge on any atom is -0.508 e. The van der Waals surface area contributed by atoms with Crippen molar-refractivity contribution in [2.24, 2.45) is 21.8 Å². The van der Waals surface area contributed by atoms with Crippen LogP contribution in [0.4, 0.5) is 11.4 Å². The molecule has 1 unspecified atom stereocenters. The molecule has 0 radical (unpaired) electrons. The fourth-order valence-corrected chi connectivity index (χ4v) is 18.7. The molecule has 8 aliphatic heterocycles. The molecule has 8 aromatic rings. The SMILES string of the molecule is C=CCNC(=O)[C@@H]1[C@H]2C(=O)O[C@H](c3cccc(C(C#Cc4ccc5c(c4)[C@]4(C(=O)N5)[C@H](C(=O)N5CCN(C6N=CCC=N6)CC5)[C@H]5C(=O)O[C@H](c6ccccc6)[C@H](c6ccccc6)N5[C@@H]4c4ccc(O)cc4)CO)c3)[C@H](c3ccccc3)N2[C@H](c2ccc(O)cc2)[C@@]12C(=O)Nc1ccc(C#CC3=CCCCC3)cc12. The van der Waals surface area contributed by atoms with Gasteiger partial charge in [-0.05, 0) is 142 Å². The first-order valence-electron chi connectivity index (χ1n) is 37.3. The Morgan fingerprint density at radius 3 is 1.64 bits per heavy atom. The number of aromatic hydroxyl groups is 2. The smallest absolute Gasteiger partial charge is 0.324 e. The summed E-state index contributed by atoms with van der Waals surface area (Å²) in [5, 5.41) is 42.9. The normalized spacial score (nSPS) is 27.1. The van der Waals surface area contributed by atoms with Crippen molar-refractivity contribution in [3.05, 3.63) is 286 Å². The number of rotatable bonds is 13. The number of fused-ring (bicyclic) bond motifs is 6. The number of allylic oxidation sites excluding steroid dienone is 2. The number of nitrogens with zero attached hydrogens (tertiary/aromatic N) is 6. The van der Waals surface area contributed by atoms with Gasteiger partial charge in [-0.3, -0.25) is 53.5 Å². The zero-order valence-corrected chi connectivity index (χ0v) is 59.6. The third-order valence-corrected chi connectivity index (χ3v) is 23.4. The van der Waals surface area contributed by atoms with Gasteiger partial charge in [-0.25, -0.2) is 0 Å². The molecule has 1 aliphatic carbocycles. The molecule has 0 bridgehead atoms. The van der Waals surface area contributed by atoms with Crippen LogP contribution in [0.15, 0.2) is 234 Å². The van der Waals surface area contributed by atoms with E-state index in [4.69, 9.17) is 9.47 Å². The highest BCUT2D eigenvalue weighted by atomic mass is 16.6. The highest BCUT2D eigenvalue weighted by Gasteiger charge is 2.76. The molecule has 8 heterocycles. The lowest BCUT2D eigenvalue weighted by molar-refractivity contribution is -0.179. The van der Waals surface area contributed by atoms with E-state index < -0.39 is 126 Å². The Morgan fingerprint density at radius 2 is 1.10 bits per heavy atom. The molecule has 546 valence electrons. The Balaban J connectivity index is 0.777. The quantitative estimate of drug-likeness (QED) is 0.0357. The van der Waals surface area contributed by atoms with E-state index in [9.17, 15) is 15.3 Å². The van der Waals surface area contributed by atoms with E-state index in [1.807, 2.05) is 144 Å². The lowest BCUT2D eigenvalue weighted by Gasteiger charge is -2.46. The molecule has 5 fully saturated rings. The number of aliphatic imine (C=N–C) groups is 2. The number of carbonyl (C=O) groups is 6. The number of esters is 2. The lowest BCUT2D eigenvalue weighted by Crippen LogP contribution is -2.59. The number of phenols is 2. The highest BCUT2D eigenvalue weighted by Crippen LogP contribution is 2.67. The highest BCUT2D eigenvalue weighted by molar-refractivity contribution is 6.13. The van der Waals surface area contributed by atoms with Crippen LogP contribution in [0.2, 0.25) is 0 Å². The van der Waals surface area contributed by atoms with Crippen LogP contribution in [0.1, 0.15) is 136 Å². The van der Waals surface area contributed by atoms with Crippen molar-refractivity contribution in [3.63, 3.8) is 0 Å². The summed E-state index contributed by atoms with van der Waals surface area (Å²) >= 11 is 0. The van der Waals surface area contributed by atoms with Gasteiger partial charge in [0.1, 0.15) is 46.6 Å². The second-order valence-electron chi connectivity index (χ2n) is 29.3. The van der Waals surface area contributed by atoms with Crippen molar-refractivity contribution in [3.8, 4) is 35.2 Å². The standard InChI is InChI=1S/C89H79N9O11/c1-2-43-90-81(102)71-75-83(104)109-78(74(58-21-11-5-12-22-58)97(75)79(60-33-37-65(100)38-34-60)88(71)67-50-55(30-41-69(67)93-85(88)106)28-27-54-17-7-3-8-18-54)63-26-15-25-62(52-63)64(53-99)32-29-56-31-42-70-68(51-56)89(86(107)94-70)72(82(103)95-46-48-96(49-47-95)87-91-44-16-45-92-87)76-84(105)108-77(59-23-13-6-14-24-59)73(57-19-9-4-10-20-57)98(76)80(89)61-35-39-66(101)40-36-61/h2,4-6,9-15,17,19-26,30-31,33-42,44-45,50-52,64,71-80,87,99-101H,1,3,7-8,16,18,43,46-49,53H2,(H,90,102)(H,93,106)(H,94,107)/t64?,71-,72-,73-,74-,75-,76-,77+,78+,79+,80+,88-,89-/m0/s1. The number of piperazine rings is 1. The van der Waals surface area contributed by atoms with E-state index in [-0.39, 0.29) is 31.1 Å².